The van der Waals surface area contributed by atoms with Gasteiger partial charge in [0.25, 0.3) is 11.8 Å². The van der Waals surface area contributed by atoms with E-state index in [4.69, 9.17) is 16.3 Å². The lowest BCUT2D eigenvalue weighted by Gasteiger charge is -2.30. The third-order valence-corrected chi connectivity index (χ3v) is 6.44. The molecule has 1 aliphatic rings. The van der Waals surface area contributed by atoms with E-state index in [0.29, 0.717) is 50.4 Å². The number of hydrogen-bond acceptors (Lipinski definition) is 5. The molecule has 0 radical (unpaired) electrons. The first-order valence-electron chi connectivity index (χ1n) is 11.6. The number of carbonyl (C=O) groups is 2. The van der Waals surface area contributed by atoms with Crippen LogP contribution in [0.2, 0.25) is 5.02 Å². The van der Waals surface area contributed by atoms with Gasteiger partial charge in [0.15, 0.2) is 0 Å². The van der Waals surface area contributed by atoms with Crippen LogP contribution in [0.15, 0.2) is 96.3 Å². The highest BCUT2D eigenvalue weighted by Gasteiger charge is 2.36. The van der Waals surface area contributed by atoms with Crippen molar-refractivity contribution in [3.05, 3.63) is 112 Å². The molecule has 4 aromatic rings. The topological polar surface area (TPSA) is 97.3 Å². The number of amides is 2. The molecular formula is C28H24ClN5O3. The first kappa shape index (κ1) is 24.1. The number of allylic oxidation sites excluding steroid dienone is 1. The first-order valence-corrected chi connectivity index (χ1v) is 12.0. The molecule has 8 nitrogen and oxygen atoms in total. The largest absolute Gasteiger partial charge is 0.495 e. The molecule has 1 aromatic heterocycles. The normalized spacial score (nSPS) is 14.4. The molecule has 0 spiro atoms. The quantitative estimate of drug-likeness (QED) is 0.306. The summed E-state index contributed by atoms with van der Waals surface area (Å²) in [5.41, 5.74) is 3.18. The monoisotopic (exact) mass is 513 g/mol. The average molecular weight is 514 g/mol. The Kier molecular flexibility index (Phi) is 6.66. The number of nitrogens with one attached hydrogen (secondary N) is 3. The van der Waals surface area contributed by atoms with Crippen molar-refractivity contribution < 1.29 is 14.3 Å². The van der Waals surface area contributed by atoms with Gasteiger partial charge in [0.2, 0.25) is 0 Å². The molecule has 1 atom stereocenters. The summed E-state index contributed by atoms with van der Waals surface area (Å²) in [6.45, 7) is 1.79. The fourth-order valence-electron chi connectivity index (χ4n) is 4.36. The molecule has 0 bridgehead atoms. The number of halogens is 1. The highest BCUT2D eigenvalue weighted by atomic mass is 35.5. The van der Waals surface area contributed by atoms with Crippen LogP contribution in [-0.4, -0.2) is 28.7 Å². The zero-order chi connectivity index (χ0) is 25.9. The number of para-hydroxylation sites is 3. The molecule has 2 heterocycles. The Morgan fingerprint density at radius 2 is 1.65 bits per heavy atom. The number of rotatable bonds is 6. The third kappa shape index (κ3) is 4.66. The number of aromatic nitrogens is 2. The Morgan fingerprint density at radius 3 is 2.41 bits per heavy atom. The van der Waals surface area contributed by atoms with Crippen LogP contribution in [0, 0.1) is 0 Å². The van der Waals surface area contributed by atoms with E-state index in [2.05, 4.69) is 21.0 Å². The van der Waals surface area contributed by atoms with Crippen LogP contribution in [-0.2, 0) is 4.79 Å². The molecule has 0 fully saturated rings. The molecule has 37 heavy (non-hydrogen) atoms. The van der Waals surface area contributed by atoms with Gasteiger partial charge >= 0.3 is 0 Å². The number of fused-ring (bicyclic) bond motifs is 1. The van der Waals surface area contributed by atoms with Gasteiger partial charge in [-0.2, -0.15) is 5.10 Å². The van der Waals surface area contributed by atoms with Gasteiger partial charge < -0.3 is 20.7 Å². The van der Waals surface area contributed by atoms with Gasteiger partial charge in [0.1, 0.15) is 23.2 Å². The molecule has 186 valence electrons. The maximum atomic E-state index is 13.7. The Bertz CT molecular complexity index is 1510. The predicted molar refractivity (Wildman–Crippen MR) is 144 cm³/mol. The fourth-order valence-corrected chi connectivity index (χ4v) is 4.60. The van der Waals surface area contributed by atoms with Crippen LogP contribution in [0.4, 0.5) is 17.2 Å². The summed E-state index contributed by atoms with van der Waals surface area (Å²) in [4.78, 5) is 26.9. The Balaban J connectivity index is 1.56. The number of hydrogen-bond donors (Lipinski definition) is 3. The van der Waals surface area contributed by atoms with Gasteiger partial charge in [-0.15, -0.1) is 0 Å². The van der Waals surface area contributed by atoms with Crippen molar-refractivity contribution in [2.45, 2.75) is 13.0 Å². The zero-order valence-corrected chi connectivity index (χ0v) is 20.9. The molecule has 1 aliphatic heterocycles. The van der Waals surface area contributed by atoms with E-state index in [0.717, 1.165) is 0 Å². The summed E-state index contributed by atoms with van der Waals surface area (Å²) in [5, 5.41) is 14.1. The second kappa shape index (κ2) is 10.2. The SMILES string of the molecule is COc1ccccc1NC(=O)C1=C(C)Nc2c(C(=O)Nc3ccccc3)cnn2[C@@H]1c1ccccc1Cl. The number of nitrogens with zero attached hydrogens (tertiary/aromatic N) is 2. The lowest BCUT2D eigenvalue weighted by molar-refractivity contribution is -0.113. The van der Waals surface area contributed by atoms with Crippen molar-refractivity contribution >= 4 is 40.6 Å². The smallest absolute Gasteiger partial charge is 0.261 e. The number of anilines is 3. The van der Waals surface area contributed by atoms with E-state index < -0.39 is 6.04 Å². The van der Waals surface area contributed by atoms with E-state index in [1.54, 1.807) is 49.0 Å². The minimum atomic E-state index is -0.682. The molecule has 9 heteroatoms. The molecule has 3 aromatic carbocycles. The highest BCUT2D eigenvalue weighted by Crippen LogP contribution is 2.40. The van der Waals surface area contributed by atoms with E-state index in [1.165, 1.54) is 6.20 Å². The van der Waals surface area contributed by atoms with Crippen molar-refractivity contribution in [2.24, 2.45) is 0 Å². The van der Waals surface area contributed by atoms with E-state index >= 15 is 0 Å². The molecule has 2 amide bonds. The minimum Gasteiger partial charge on any atom is -0.495 e. The lowest BCUT2D eigenvalue weighted by atomic mass is 9.94. The van der Waals surface area contributed by atoms with Gasteiger partial charge in [0.05, 0.1) is 24.6 Å². The highest BCUT2D eigenvalue weighted by molar-refractivity contribution is 6.31. The van der Waals surface area contributed by atoms with Gasteiger partial charge in [-0.1, -0.05) is 60.1 Å². The maximum Gasteiger partial charge on any atom is 0.261 e. The first-order chi connectivity index (χ1) is 18.0. The zero-order valence-electron chi connectivity index (χ0n) is 20.2. The molecule has 0 saturated heterocycles. The average Bonchev–Trinajstić information content (AvgIpc) is 3.32. The van der Waals surface area contributed by atoms with Crippen LogP contribution in [0.5, 0.6) is 5.75 Å². The molecular weight excluding hydrogens is 490 g/mol. The molecule has 0 unspecified atom stereocenters. The number of carbonyl (C=O) groups excluding carboxylic acids is 2. The summed E-state index contributed by atoms with van der Waals surface area (Å²) in [6.07, 6.45) is 1.48. The van der Waals surface area contributed by atoms with Gasteiger partial charge in [-0.3, -0.25) is 9.59 Å². The second-order valence-electron chi connectivity index (χ2n) is 8.41. The summed E-state index contributed by atoms with van der Waals surface area (Å²) in [7, 11) is 1.54. The Labute approximate surface area is 218 Å². The Hall–Kier alpha value is -4.56. The standard InChI is InChI=1S/C28H24ClN5O3/c1-17-24(28(36)33-22-14-8-9-15-23(22)37-2)25(19-12-6-7-13-21(19)29)34-26(31-17)20(16-30-34)27(35)32-18-10-4-3-5-11-18/h3-16,25,31H,1-2H3,(H,32,35)(H,33,36)/t25-/m1/s1. The summed E-state index contributed by atoms with van der Waals surface area (Å²) < 4.78 is 7.01. The van der Waals surface area contributed by atoms with E-state index in [1.807, 2.05) is 48.5 Å². The number of methoxy groups -OCH3 is 1. The van der Waals surface area contributed by atoms with Gasteiger partial charge in [-0.25, -0.2) is 4.68 Å². The molecule has 0 saturated carbocycles. The summed E-state index contributed by atoms with van der Waals surface area (Å²) in [5.74, 6) is 0.319. The van der Waals surface area contributed by atoms with Crippen molar-refractivity contribution in [3.8, 4) is 5.75 Å². The van der Waals surface area contributed by atoms with Crippen molar-refractivity contribution in [3.63, 3.8) is 0 Å². The second-order valence-corrected chi connectivity index (χ2v) is 8.82. The van der Waals surface area contributed by atoms with Crippen LogP contribution in [0.3, 0.4) is 0 Å². The lowest BCUT2D eigenvalue weighted by Crippen LogP contribution is -2.32. The predicted octanol–water partition coefficient (Wildman–Crippen LogP) is 5.73. The summed E-state index contributed by atoms with van der Waals surface area (Å²) in [6, 6.07) is 22.9. The third-order valence-electron chi connectivity index (χ3n) is 6.10. The van der Waals surface area contributed by atoms with Crippen molar-refractivity contribution in [1.82, 2.24) is 9.78 Å². The van der Waals surface area contributed by atoms with Crippen LogP contribution in [0.25, 0.3) is 0 Å². The minimum absolute atomic E-state index is 0.326. The maximum absolute atomic E-state index is 13.7. The van der Waals surface area contributed by atoms with Crippen molar-refractivity contribution in [2.75, 3.05) is 23.1 Å². The Morgan fingerprint density at radius 1 is 0.946 bits per heavy atom. The number of benzene rings is 3. The van der Waals surface area contributed by atoms with E-state index in [9.17, 15) is 9.59 Å². The van der Waals surface area contributed by atoms with Gasteiger partial charge in [0, 0.05) is 22.0 Å². The number of ether oxygens (including phenoxy) is 1. The van der Waals surface area contributed by atoms with Crippen LogP contribution >= 0.6 is 11.6 Å². The summed E-state index contributed by atoms with van der Waals surface area (Å²) >= 11 is 6.61. The van der Waals surface area contributed by atoms with Gasteiger partial charge in [-0.05, 0) is 37.3 Å². The molecule has 3 N–H and O–H groups in total. The van der Waals surface area contributed by atoms with Crippen LogP contribution in [0.1, 0.15) is 28.9 Å². The van der Waals surface area contributed by atoms with Crippen LogP contribution < -0.4 is 20.7 Å². The molecule has 5 rings (SSSR count). The van der Waals surface area contributed by atoms with Crippen molar-refractivity contribution in [1.29, 1.82) is 0 Å². The molecule has 0 aliphatic carbocycles. The van der Waals surface area contributed by atoms with E-state index in [-0.39, 0.29) is 11.8 Å². The fraction of sp³-hybridized carbons (Fsp3) is 0.107.